The highest BCUT2D eigenvalue weighted by atomic mass is 16.6. The van der Waals surface area contributed by atoms with E-state index in [0.717, 1.165) is 83.5 Å². The summed E-state index contributed by atoms with van der Waals surface area (Å²) in [5, 5.41) is 0. The van der Waals surface area contributed by atoms with E-state index >= 15 is 0 Å². The topological polar surface area (TPSA) is 78.9 Å². The summed E-state index contributed by atoms with van der Waals surface area (Å²) >= 11 is 0. The van der Waals surface area contributed by atoms with E-state index in [2.05, 4.69) is 81.5 Å². The first-order valence-corrected chi connectivity index (χ1v) is 35.8. The van der Waals surface area contributed by atoms with Crippen LogP contribution in [0.3, 0.4) is 0 Å². The van der Waals surface area contributed by atoms with Crippen LogP contribution in [-0.4, -0.2) is 37.2 Å². The van der Waals surface area contributed by atoms with E-state index < -0.39 is 6.10 Å². The molecule has 0 spiro atoms. The summed E-state index contributed by atoms with van der Waals surface area (Å²) < 4.78 is 17.0. The SMILES string of the molecule is CC/C=C\C/C=C\C/C=C\C/C=C\CCCCC(=O)OCC(COC(=O)CCCCCCCCCCCCCCC/C=C\CCCCCCCCCC)OC(=O)CCCCCCCCCCCCCCCCCCCCCCCCC. The van der Waals surface area contributed by atoms with Gasteiger partial charge in [-0.05, 0) is 83.5 Å². The van der Waals surface area contributed by atoms with Crippen molar-refractivity contribution in [3.63, 3.8) is 0 Å². The lowest BCUT2D eigenvalue weighted by Gasteiger charge is -2.18. The molecule has 472 valence electrons. The molecule has 0 heterocycles. The Hall–Kier alpha value is -2.89. The van der Waals surface area contributed by atoms with Gasteiger partial charge in [0.2, 0.25) is 0 Å². The third-order valence-corrected chi connectivity index (χ3v) is 16.0. The largest absolute Gasteiger partial charge is 0.462 e. The first-order valence-electron chi connectivity index (χ1n) is 35.8. The summed E-state index contributed by atoms with van der Waals surface area (Å²) in [5.74, 6) is -0.902. The van der Waals surface area contributed by atoms with Crippen LogP contribution < -0.4 is 0 Å². The molecule has 0 aliphatic heterocycles. The lowest BCUT2D eigenvalue weighted by molar-refractivity contribution is -0.167. The van der Waals surface area contributed by atoms with Gasteiger partial charge in [-0.15, -0.1) is 0 Å². The number of unbranched alkanes of at least 4 members (excludes halogenated alkanes) is 45. The Balaban J connectivity index is 4.29. The Morgan fingerprint density at radius 3 is 0.790 bits per heavy atom. The van der Waals surface area contributed by atoms with Gasteiger partial charge in [-0.2, -0.15) is 0 Å². The lowest BCUT2D eigenvalue weighted by Crippen LogP contribution is -2.30. The lowest BCUT2D eigenvalue weighted by atomic mass is 10.0. The monoisotopic (exact) mass is 1130 g/mol. The summed E-state index contributed by atoms with van der Waals surface area (Å²) in [6, 6.07) is 0. The minimum atomic E-state index is -0.791. The molecular weight excluding hydrogens is 997 g/mol. The number of hydrogen-bond acceptors (Lipinski definition) is 6. The number of esters is 3. The summed E-state index contributed by atoms with van der Waals surface area (Å²) in [4.78, 5) is 38.4. The zero-order chi connectivity index (χ0) is 58.5. The molecule has 0 bridgehead atoms. The van der Waals surface area contributed by atoms with Crippen LogP contribution in [0.1, 0.15) is 380 Å². The van der Waals surface area contributed by atoms with Crippen LogP contribution in [0.25, 0.3) is 0 Å². The van der Waals surface area contributed by atoms with E-state index in [-0.39, 0.29) is 31.1 Å². The first-order chi connectivity index (χ1) is 40.0. The molecule has 0 aliphatic carbocycles. The molecule has 0 N–H and O–H groups in total. The highest BCUT2D eigenvalue weighted by Gasteiger charge is 2.19. The van der Waals surface area contributed by atoms with Gasteiger partial charge in [0.25, 0.3) is 0 Å². The summed E-state index contributed by atoms with van der Waals surface area (Å²) in [7, 11) is 0. The van der Waals surface area contributed by atoms with E-state index in [1.807, 2.05) is 0 Å². The van der Waals surface area contributed by atoms with Gasteiger partial charge in [0, 0.05) is 19.3 Å². The van der Waals surface area contributed by atoms with Gasteiger partial charge in [-0.1, -0.05) is 338 Å². The average molecular weight is 1130 g/mol. The minimum absolute atomic E-state index is 0.0835. The molecule has 0 radical (unpaired) electrons. The fraction of sp³-hybridized carbons (Fsp3) is 0.827. The van der Waals surface area contributed by atoms with E-state index in [0.29, 0.717) is 19.3 Å². The van der Waals surface area contributed by atoms with E-state index in [9.17, 15) is 14.4 Å². The molecule has 6 heteroatoms. The molecule has 0 aromatic heterocycles. The molecule has 1 unspecified atom stereocenters. The molecule has 0 saturated heterocycles. The van der Waals surface area contributed by atoms with Gasteiger partial charge < -0.3 is 14.2 Å². The van der Waals surface area contributed by atoms with Crippen LogP contribution in [0, 0.1) is 0 Å². The van der Waals surface area contributed by atoms with Crippen molar-refractivity contribution in [3.05, 3.63) is 60.8 Å². The minimum Gasteiger partial charge on any atom is -0.462 e. The molecule has 0 aromatic rings. The summed E-state index contributed by atoms with van der Waals surface area (Å²) in [6.07, 6.45) is 89.8. The van der Waals surface area contributed by atoms with Crippen LogP contribution in [0.2, 0.25) is 0 Å². The van der Waals surface area contributed by atoms with Crippen LogP contribution in [0.5, 0.6) is 0 Å². The number of hydrogen-bond donors (Lipinski definition) is 0. The van der Waals surface area contributed by atoms with E-state index in [4.69, 9.17) is 14.2 Å². The van der Waals surface area contributed by atoms with Crippen molar-refractivity contribution >= 4 is 17.9 Å². The fourth-order valence-corrected chi connectivity index (χ4v) is 10.7. The quantitative estimate of drug-likeness (QED) is 0.0261. The molecule has 0 saturated carbocycles. The zero-order valence-electron chi connectivity index (χ0n) is 54.3. The molecule has 0 aromatic carbocycles. The molecule has 81 heavy (non-hydrogen) atoms. The highest BCUT2D eigenvalue weighted by Crippen LogP contribution is 2.18. The van der Waals surface area contributed by atoms with Crippen molar-refractivity contribution in [2.75, 3.05) is 13.2 Å². The van der Waals surface area contributed by atoms with Crippen molar-refractivity contribution in [3.8, 4) is 0 Å². The maximum Gasteiger partial charge on any atom is 0.306 e. The Morgan fingerprint density at radius 2 is 0.481 bits per heavy atom. The van der Waals surface area contributed by atoms with Crippen LogP contribution in [0.4, 0.5) is 0 Å². The third kappa shape index (κ3) is 67.8. The number of allylic oxidation sites excluding steroid dienone is 10. The zero-order valence-corrected chi connectivity index (χ0v) is 54.3. The van der Waals surface area contributed by atoms with Gasteiger partial charge in [-0.25, -0.2) is 0 Å². The Labute approximate surface area is 504 Å². The van der Waals surface area contributed by atoms with E-state index in [1.54, 1.807) is 0 Å². The van der Waals surface area contributed by atoms with Crippen LogP contribution >= 0.6 is 0 Å². The van der Waals surface area contributed by atoms with Crippen LogP contribution in [0.15, 0.2) is 60.8 Å². The van der Waals surface area contributed by atoms with Crippen molar-refractivity contribution in [1.29, 1.82) is 0 Å². The van der Waals surface area contributed by atoms with Crippen LogP contribution in [-0.2, 0) is 28.6 Å². The molecule has 0 aliphatic rings. The van der Waals surface area contributed by atoms with Crippen molar-refractivity contribution in [2.24, 2.45) is 0 Å². The van der Waals surface area contributed by atoms with Gasteiger partial charge in [-0.3, -0.25) is 14.4 Å². The number of rotatable bonds is 66. The van der Waals surface area contributed by atoms with Crippen molar-refractivity contribution < 1.29 is 28.6 Å². The first kappa shape index (κ1) is 78.1. The maximum absolute atomic E-state index is 13.0. The molecule has 0 rings (SSSR count). The van der Waals surface area contributed by atoms with Gasteiger partial charge in [0.15, 0.2) is 6.10 Å². The third-order valence-electron chi connectivity index (χ3n) is 16.0. The Bertz CT molecular complexity index is 1440. The summed E-state index contributed by atoms with van der Waals surface area (Å²) in [6.45, 7) is 6.56. The summed E-state index contributed by atoms with van der Waals surface area (Å²) in [5.41, 5.74) is 0. The van der Waals surface area contributed by atoms with E-state index in [1.165, 1.54) is 257 Å². The smallest absolute Gasteiger partial charge is 0.306 e. The Kier molecular flexibility index (Phi) is 67.1. The number of carbonyl (C=O) groups is 3. The fourth-order valence-electron chi connectivity index (χ4n) is 10.7. The van der Waals surface area contributed by atoms with Gasteiger partial charge in [0.1, 0.15) is 13.2 Å². The molecule has 0 fully saturated rings. The standard InChI is InChI=1S/C75H136O6/c1-4-7-10-13-16-19-22-25-28-30-32-34-36-37-39-40-42-44-47-50-53-56-59-62-65-68-74(77)80-71-72(70-79-73(76)67-64-61-58-55-52-49-46-27-24-21-18-15-12-9-6-3)81-75(78)69-66-63-60-57-54-51-48-45-43-41-38-35-33-31-29-26-23-20-17-14-11-8-5-2/h9,12,18,21,27,30,32,46,52,55,72H,4-8,10-11,13-17,19-20,22-26,28-29,31,33-45,47-51,53-54,56-71H2,1-3H3/b12-9-,21-18-,32-30-,46-27-,55-52-. The molecular formula is C75H136O6. The van der Waals surface area contributed by atoms with Gasteiger partial charge >= 0.3 is 17.9 Å². The second kappa shape index (κ2) is 69.6. The number of ether oxygens (including phenoxy) is 3. The Morgan fingerprint density at radius 1 is 0.259 bits per heavy atom. The van der Waals surface area contributed by atoms with Crippen molar-refractivity contribution in [1.82, 2.24) is 0 Å². The maximum atomic E-state index is 13.0. The molecule has 6 nitrogen and oxygen atoms in total. The average Bonchev–Trinajstić information content (AvgIpc) is 3.47. The second-order valence-electron chi connectivity index (χ2n) is 24.1. The van der Waals surface area contributed by atoms with Gasteiger partial charge in [0.05, 0.1) is 0 Å². The molecule has 0 amide bonds. The predicted molar refractivity (Wildman–Crippen MR) is 353 cm³/mol. The predicted octanol–water partition coefficient (Wildman–Crippen LogP) is 24.7. The molecule has 1 atom stereocenters. The highest BCUT2D eigenvalue weighted by molar-refractivity contribution is 5.71. The van der Waals surface area contributed by atoms with Crippen molar-refractivity contribution in [2.45, 2.75) is 386 Å². The normalized spacial score (nSPS) is 12.4. The second-order valence-corrected chi connectivity index (χ2v) is 24.1. The number of carbonyl (C=O) groups excluding carboxylic acids is 3.